The minimum Gasteiger partial charge on any atom is -0.350 e. The third-order valence-corrected chi connectivity index (χ3v) is 9.45. The van der Waals surface area contributed by atoms with Gasteiger partial charge in [0.05, 0.1) is 33.3 Å². The highest BCUT2D eigenvalue weighted by atomic mass is 32.2. The molecule has 4 heterocycles. The van der Waals surface area contributed by atoms with E-state index in [-0.39, 0.29) is 17.8 Å². The third kappa shape index (κ3) is 5.57. The summed E-state index contributed by atoms with van der Waals surface area (Å²) >= 11 is 1.58. The van der Waals surface area contributed by atoms with Crippen LogP contribution in [-0.4, -0.2) is 69.7 Å². The lowest BCUT2D eigenvalue weighted by atomic mass is 10.1. The van der Waals surface area contributed by atoms with Gasteiger partial charge in [-0.2, -0.15) is 5.10 Å². The first-order chi connectivity index (χ1) is 18.3. The van der Waals surface area contributed by atoms with Crippen LogP contribution in [0.15, 0.2) is 48.1 Å². The molecule has 4 aromatic rings. The van der Waals surface area contributed by atoms with Gasteiger partial charge < -0.3 is 5.32 Å². The maximum absolute atomic E-state index is 13.2. The Morgan fingerprint density at radius 2 is 1.97 bits per heavy atom. The highest BCUT2D eigenvalue weighted by Crippen LogP contribution is 2.31. The third-order valence-electron chi connectivity index (χ3n) is 6.71. The van der Waals surface area contributed by atoms with Crippen molar-refractivity contribution in [3.8, 4) is 21.8 Å². The molecule has 0 saturated heterocycles. The Hall–Kier alpha value is -3.35. The van der Waals surface area contributed by atoms with E-state index in [4.69, 9.17) is 4.98 Å². The van der Waals surface area contributed by atoms with Gasteiger partial charge in [0, 0.05) is 24.3 Å². The topological polar surface area (TPSA) is 122 Å². The molecule has 4 aromatic heterocycles. The Balaban J connectivity index is 1.51. The zero-order valence-electron chi connectivity index (χ0n) is 21.6. The first-order valence-electron chi connectivity index (χ1n) is 12.7. The van der Waals surface area contributed by atoms with Gasteiger partial charge in [0.1, 0.15) is 5.82 Å². The Morgan fingerprint density at radius 1 is 1.18 bits per heavy atom. The summed E-state index contributed by atoms with van der Waals surface area (Å²) in [6.07, 6.45) is 4.69. The van der Waals surface area contributed by atoms with Crippen LogP contribution in [0, 0.1) is 0 Å². The van der Waals surface area contributed by atoms with Crippen LogP contribution in [0.4, 0.5) is 5.82 Å². The molecule has 2 N–H and O–H groups in total. The highest BCUT2D eigenvalue weighted by Gasteiger charge is 2.36. The van der Waals surface area contributed by atoms with Crippen LogP contribution in [0.2, 0.25) is 0 Å². The number of carbonyl (C=O) groups is 1. The second kappa shape index (κ2) is 10.8. The molecule has 0 aromatic carbocycles. The Labute approximate surface area is 226 Å². The SMILES string of the molecule is CCN(CC)C(C)CNC(=O)c1cc(NS(=O)(=O)C2CC2)nc(-c2cnn3ccc(-c4cccs4)nc23)c1. The van der Waals surface area contributed by atoms with Gasteiger partial charge in [-0.3, -0.25) is 14.4 Å². The van der Waals surface area contributed by atoms with E-state index >= 15 is 0 Å². The number of aromatic nitrogens is 4. The highest BCUT2D eigenvalue weighted by molar-refractivity contribution is 7.93. The minimum atomic E-state index is -3.58. The summed E-state index contributed by atoms with van der Waals surface area (Å²) < 4.78 is 29.6. The van der Waals surface area contributed by atoms with E-state index in [1.807, 2.05) is 29.8 Å². The number of fused-ring (bicyclic) bond motifs is 1. The predicted octanol–water partition coefficient (Wildman–Crippen LogP) is 3.88. The molecule has 1 fully saturated rings. The number of thiophene rings is 1. The largest absolute Gasteiger partial charge is 0.350 e. The van der Waals surface area contributed by atoms with E-state index < -0.39 is 15.3 Å². The molecule has 38 heavy (non-hydrogen) atoms. The quantitative estimate of drug-likeness (QED) is 0.289. The van der Waals surface area contributed by atoms with Crippen molar-refractivity contribution in [1.29, 1.82) is 0 Å². The number of amides is 1. The van der Waals surface area contributed by atoms with Gasteiger partial charge in [0.25, 0.3) is 5.91 Å². The summed E-state index contributed by atoms with van der Waals surface area (Å²) in [5, 5.41) is 8.96. The van der Waals surface area contributed by atoms with E-state index in [0.717, 1.165) is 23.7 Å². The van der Waals surface area contributed by atoms with Gasteiger partial charge in [-0.1, -0.05) is 19.9 Å². The van der Waals surface area contributed by atoms with Gasteiger partial charge in [0.15, 0.2) is 5.65 Å². The molecule has 0 aliphatic heterocycles. The standard InChI is InChI=1S/C26H31N7O3S2/c1-4-32(5-2)17(3)15-27-26(34)18-13-22(29-24(14-18)31-38(35,36)19-8-9-19)20-16-28-33-11-10-21(30-25(20)33)23-7-6-12-37-23/h6-7,10-14,16-17,19H,4-5,8-9,15H2,1-3H3,(H,27,34)(H,29,31). The molecule has 1 aliphatic rings. The molecule has 5 rings (SSSR count). The minimum absolute atomic E-state index is 0.102. The van der Waals surface area contributed by atoms with Crippen molar-refractivity contribution in [2.75, 3.05) is 24.4 Å². The fraction of sp³-hybridized carbons (Fsp3) is 0.385. The van der Waals surface area contributed by atoms with Crippen molar-refractivity contribution in [2.24, 2.45) is 0 Å². The second-order valence-corrected chi connectivity index (χ2v) is 12.3. The maximum Gasteiger partial charge on any atom is 0.251 e. The predicted molar refractivity (Wildman–Crippen MR) is 150 cm³/mol. The molecule has 200 valence electrons. The summed E-state index contributed by atoms with van der Waals surface area (Å²) in [7, 11) is -3.58. The summed E-state index contributed by atoms with van der Waals surface area (Å²) in [5.74, 6) is -0.201. The Kier molecular flexibility index (Phi) is 7.46. The van der Waals surface area contributed by atoms with Crippen molar-refractivity contribution in [2.45, 2.75) is 44.9 Å². The first kappa shape index (κ1) is 26.3. The monoisotopic (exact) mass is 553 g/mol. The number of pyridine rings is 1. The smallest absolute Gasteiger partial charge is 0.251 e. The van der Waals surface area contributed by atoms with Gasteiger partial charge in [-0.05, 0) is 62.5 Å². The van der Waals surface area contributed by atoms with Crippen LogP contribution in [-0.2, 0) is 10.0 Å². The molecule has 1 saturated carbocycles. The summed E-state index contributed by atoms with van der Waals surface area (Å²) in [4.78, 5) is 25.9. The van der Waals surface area contributed by atoms with Gasteiger partial charge >= 0.3 is 0 Å². The van der Waals surface area contributed by atoms with Crippen LogP contribution in [0.1, 0.15) is 44.0 Å². The Morgan fingerprint density at radius 3 is 2.66 bits per heavy atom. The van der Waals surface area contributed by atoms with Crippen molar-refractivity contribution < 1.29 is 13.2 Å². The molecule has 10 nitrogen and oxygen atoms in total. The average Bonchev–Trinajstić information content (AvgIpc) is 3.48. The number of nitrogens with zero attached hydrogens (tertiary/aromatic N) is 5. The van der Waals surface area contributed by atoms with E-state index in [1.54, 1.807) is 28.1 Å². The average molecular weight is 554 g/mol. The van der Waals surface area contributed by atoms with Gasteiger partial charge in [0.2, 0.25) is 10.0 Å². The van der Waals surface area contributed by atoms with Crippen molar-refractivity contribution >= 4 is 38.7 Å². The van der Waals surface area contributed by atoms with Crippen LogP contribution in [0.25, 0.3) is 27.5 Å². The van der Waals surface area contributed by atoms with Crippen molar-refractivity contribution in [3.63, 3.8) is 0 Å². The summed E-state index contributed by atoms with van der Waals surface area (Å²) in [6, 6.07) is 9.14. The number of nitrogens with one attached hydrogen (secondary N) is 2. The number of likely N-dealkylation sites (N-methyl/N-ethyl adjacent to an activating group) is 1. The van der Waals surface area contributed by atoms with Crippen LogP contribution >= 0.6 is 11.3 Å². The van der Waals surface area contributed by atoms with E-state index in [2.05, 4.69) is 45.8 Å². The molecule has 1 atom stereocenters. The van der Waals surface area contributed by atoms with Crippen molar-refractivity contribution in [3.05, 3.63) is 53.7 Å². The molecular formula is C26H31N7O3S2. The maximum atomic E-state index is 13.2. The lowest BCUT2D eigenvalue weighted by molar-refractivity contribution is 0.0938. The Bertz CT molecular complexity index is 1540. The molecule has 0 bridgehead atoms. The van der Waals surface area contributed by atoms with Crippen LogP contribution < -0.4 is 10.0 Å². The second-order valence-electron chi connectivity index (χ2n) is 9.37. The van der Waals surface area contributed by atoms with Crippen LogP contribution in [0.3, 0.4) is 0 Å². The fourth-order valence-electron chi connectivity index (χ4n) is 4.39. The lowest BCUT2D eigenvalue weighted by Crippen LogP contribution is -2.42. The number of anilines is 1. The summed E-state index contributed by atoms with van der Waals surface area (Å²) in [5.41, 5.74) is 2.68. The molecule has 1 unspecified atom stereocenters. The normalized spacial score (nSPS) is 14.6. The fourth-order valence-corrected chi connectivity index (χ4v) is 6.40. The van der Waals surface area contributed by atoms with Crippen molar-refractivity contribution in [1.82, 2.24) is 29.8 Å². The van der Waals surface area contributed by atoms with E-state index in [0.29, 0.717) is 41.9 Å². The molecule has 1 aliphatic carbocycles. The molecule has 12 heteroatoms. The lowest BCUT2D eigenvalue weighted by Gasteiger charge is -2.26. The zero-order chi connectivity index (χ0) is 26.9. The number of rotatable bonds is 11. The molecular weight excluding hydrogens is 522 g/mol. The van der Waals surface area contributed by atoms with Crippen LogP contribution in [0.5, 0.6) is 0 Å². The van der Waals surface area contributed by atoms with Gasteiger partial charge in [-0.25, -0.2) is 22.9 Å². The number of hydrogen-bond acceptors (Lipinski definition) is 8. The van der Waals surface area contributed by atoms with Gasteiger partial charge in [-0.15, -0.1) is 11.3 Å². The number of carbonyl (C=O) groups excluding carboxylic acids is 1. The molecule has 0 radical (unpaired) electrons. The molecule has 1 amide bonds. The number of sulfonamides is 1. The zero-order valence-corrected chi connectivity index (χ0v) is 23.2. The van der Waals surface area contributed by atoms with E-state index in [1.165, 1.54) is 6.07 Å². The van der Waals surface area contributed by atoms with E-state index in [9.17, 15) is 13.2 Å². The summed E-state index contributed by atoms with van der Waals surface area (Å²) in [6.45, 7) is 8.47. The molecule has 0 spiro atoms. The first-order valence-corrected chi connectivity index (χ1v) is 15.2. The number of hydrogen-bond donors (Lipinski definition) is 2.